The van der Waals surface area contributed by atoms with E-state index in [9.17, 15) is 13.6 Å². The Morgan fingerprint density at radius 3 is 2.33 bits per heavy atom. The largest absolute Gasteiger partial charge is 0.465 e. The van der Waals surface area contributed by atoms with Crippen molar-refractivity contribution in [2.75, 3.05) is 13.7 Å². The second-order valence-electron chi connectivity index (χ2n) is 3.51. The number of halogens is 3. The molecule has 1 aromatic carbocycles. The summed E-state index contributed by atoms with van der Waals surface area (Å²) in [6, 6.07) is 3.68. The lowest BCUT2D eigenvalue weighted by molar-refractivity contribution is -0.0711. The third-order valence-corrected chi connectivity index (χ3v) is 2.36. The molecular weight excluding hydrogens is 268 g/mol. The molecule has 1 rings (SSSR count). The van der Waals surface area contributed by atoms with Gasteiger partial charge in [0.1, 0.15) is 6.61 Å². The lowest BCUT2D eigenvalue weighted by Gasteiger charge is -2.21. The maximum absolute atomic E-state index is 13.1. The molecule has 0 aliphatic heterocycles. The van der Waals surface area contributed by atoms with E-state index < -0.39 is 24.5 Å². The van der Waals surface area contributed by atoms with Gasteiger partial charge in [-0.3, -0.25) is 0 Å². The molecule has 3 N–H and O–H groups in total. The van der Waals surface area contributed by atoms with Crippen molar-refractivity contribution < 1.29 is 23.4 Å². The predicted octanol–water partition coefficient (Wildman–Crippen LogP) is 1.52. The van der Waals surface area contributed by atoms with Gasteiger partial charge in [-0.1, -0.05) is 12.1 Å². The summed E-state index contributed by atoms with van der Waals surface area (Å²) in [6.45, 7) is -1.33. The second kappa shape index (κ2) is 6.63. The van der Waals surface area contributed by atoms with E-state index in [4.69, 9.17) is 10.8 Å². The first-order valence-corrected chi connectivity index (χ1v) is 4.85. The Morgan fingerprint density at radius 2 is 1.94 bits per heavy atom. The van der Waals surface area contributed by atoms with Gasteiger partial charge in [0, 0.05) is 0 Å². The number of ether oxygens (including phenoxy) is 1. The number of esters is 1. The van der Waals surface area contributed by atoms with Gasteiger partial charge in [-0.25, -0.2) is 13.6 Å². The molecule has 0 spiro atoms. The summed E-state index contributed by atoms with van der Waals surface area (Å²) in [5.41, 5.74) is 5.70. The second-order valence-corrected chi connectivity index (χ2v) is 3.51. The zero-order valence-electron chi connectivity index (χ0n) is 9.60. The first-order valence-electron chi connectivity index (χ1n) is 4.85. The highest BCUT2D eigenvalue weighted by Gasteiger charge is 2.37. The molecule has 0 aliphatic carbocycles. The van der Waals surface area contributed by atoms with Crippen molar-refractivity contribution in [3.63, 3.8) is 0 Å². The summed E-state index contributed by atoms with van der Waals surface area (Å²) in [5, 5.41) is 8.50. The Kier molecular flexibility index (Phi) is 6.17. The van der Waals surface area contributed by atoms with Crippen LogP contribution in [0.3, 0.4) is 0 Å². The van der Waals surface area contributed by atoms with Crippen LogP contribution >= 0.6 is 12.4 Å². The first kappa shape index (κ1) is 16.8. The lowest BCUT2D eigenvalue weighted by atomic mass is 10.0. The summed E-state index contributed by atoms with van der Waals surface area (Å²) in [7, 11) is 1.22. The fourth-order valence-electron chi connectivity index (χ4n) is 1.29. The fraction of sp³-hybridized carbons (Fsp3) is 0.364. The van der Waals surface area contributed by atoms with Gasteiger partial charge in [0.25, 0.3) is 5.92 Å². The molecule has 0 saturated heterocycles. The van der Waals surface area contributed by atoms with Gasteiger partial charge in [0.2, 0.25) is 0 Å². The maximum atomic E-state index is 13.1. The molecule has 0 aliphatic rings. The Morgan fingerprint density at radius 1 is 1.44 bits per heavy atom. The maximum Gasteiger partial charge on any atom is 0.337 e. The number of rotatable bonds is 4. The minimum absolute atomic E-state index is 0. The van der Waals surface area contributed by atoms with Crippen LogP contribution in [0.2, 0.25) is 0 Å². The zero-order valence-corrected chi connectivity index (χ0v) is 10.4. The highest BCUT2D eigenvalue weighted by Crippen LogP contribution is 2.28. The SMILES string of the molecule is COC(=O)c1ccc([C@@H](N)C(F)(F)CO)cc1.Cl. The zero-order chi connectivity index (χ0) is 13.1. The number of methoxy groups -OCH3 is 1. The van der Waals surface area contributed by atoms with Gasteiger partial charge in [0.05, 0.1) is 18.7 Å². The summed E-state index contributed by atoms with van der Waals surface area (Å²) >= 11 is 0. The number of carbonyl (C=O) groups excluding carboxylic acids is 1. The summed E-state index contributed by atoms with van der Waals surface area (Å²) in [5.74, 6) is -3.95. The number of hydrogen-bond acceptors (Lipinski definition) is 4. The number of aliphatic hydroxyl groups excluding tert-OH is 1. The van der Waals surface area contributed by atoms with Crippen LogP contribution in [-0.4, -0.2) is 30.7 Å². The van der Waals surface area contributed by atoms with Crippen LogP contribution in [-0.2, 0) is 4.74 Å². The number of benzene rings is 1. The number of aliphatic hydroxyl groups is 1. The molecule has 0 bridgehead atoms. The lowest BCUT2D eigenvalue weighted by Crippen LogP contribution is -2.36. The van der Waals surface area contributed by atoms with Crippen LogP contribution in [0.5, 0.6) is 0 Å². The third-order valence-electron chi connectivity index (χ3n) is 2.36. The third kappa shape index (κ3) is 3.63. The van der Waals surface area contributed by atoms with Crippen molar-refractivity contribution in [2.24, 2.45) is 5.73 Å². The molecule has 1 aromatic rings. The van der Waals surface area contributed by atoms with Gasteiger partial charge < -0.3 is 15.6 Å². The smallest absolute Gasteiger partial charge is 0.337 e. The van der Waals surface area contributed by atoms with Gasteiger partial charge in [-0.2, -0.15) is 0 Å². The van der Waals surface area contributed by atoms with Crippen LogP contribution in [0.1, 0.15) is 22.0 Å². The molecule has 0 saturated carbocycles. The van der Waals surface area contributed by atoms with Gasteiger partial charge in [0.15, 0.2) is 0 Å². The highest BCUT2D eigenvalue weighted by atomic mass is 35.5. The van der Waals surface area contributed by atoms with Crippen LogP contribution < -0.4 is 5.73 Å². The van der Waals surface area contributed by atoms with E-state index in [1.54, 1.807) is 0 Å². The van der Waals surface area contributed by atoms with Crippen molar-refractivity contribution in [2.45, 2.75) is 12.0 Å². The minimum atomic E-state index is -3.40. The molecule has 18 heavy (non-hydrogen) atoms. The van der Waals surface area contributed by atoms with E-state index in [1.807, 2.05) is 0 Å². The number of hydrogen-bond donors (Lipinski definition) is 2. The molecule has 7 heteroatoms. The molecule has 0 amide bonds. The summed E-state index contributed by atoms with van der Waals surface area (Å²) in [6.07, 6.45) is 0. The van der Waals surface area contributed by atoms with Gasteiger partial charge >= 0.3 is 5.97 Å². The summed E-state index contributed by atoms with van der Waals surface area (Å²) in [4.78, 5) is 11.1. The van der Waals surface area contributed by atoms with E-state index in [2.05, 4.69) is 4.74 Å². The molecule has 4 nitrogen and oxygen atoms in total. The van der Waals surface area contributed by atoms with Gasteiger partial charge in [-0.15, -0.1) is 12.4 Å². The standard InChI is InChI=1S/C11H13F2NO3.ClH/c1-17-10(16)8-4-2-7(3-5-8)9(14)11(12,13)6-15;/h2-5,9,15H,6,14H2,1H3;1H/t9-;/m1./s1. The fourth-order valence-corrected chi connectivity index (χ4v) is 1.29. The van der Waals surface area contributed by atoms with Crippen molar-refractivity contribution in [3.8, 4) is 0 Å². The molecule has 0 heterocycles. The minimum Gasteiger partial charge on any atom is -0.465 e. The molecule has 0 fully saturated rings. The summed E-state index contributed by atoms with van der Waals surface area (Å²) < 4.78 is 30.6. The molecule has 0 aromatic heterocycles. The first-order chi connectivity index (χ1) is 7.92. The molecule has 102 valence electrons. The van der Waals surface area contributed by atoms with Crippen LogP contribution in [0.25, 0.3) is 0 Å². The van der Waals surface area contributed by atoms with Crippen LogP contribution in [0, 0.1) is 0 Å². The van der Waals surface area contributed by atoms with Crippen molar-refractivity contribution in [1.29, 1.82) is 0 Å². The van der Waals surface area contributed by atoms with E-state index in [0.717, 1.165) is 0 Å². The average molecular weight is 282 g/mol. The normalized spacial score (nSPS) is 12.5. The molecule has 1 atom stereocenters. The Balaban J connectivity index is 0.00000289. The predicted molar refractivity (Wildman–Crippen MR) is 64.0 cm³/mol. The Labute approximate surface area is 109 Å². The van der Waals surface area contributed by atoms with Crippen LogP contribution in [0.4, 0.5) is 8.78 Å². The van der Waals surface area contributed by atoms with Crippen molar-refractivity contribution >= 4 is 18.4 Å². The van der Waals surface area contributed by atoms with Gasteiger partial charge in [-0.05, 0) is 17.7 Å². The number of carbonyl (C=O) groups is 1. The Bertz CT molecular complexity index is 398. The van der Waals surface area contributed by atoms with E-state index in [0.29, 0.717) is 0 Å². The Hall–Kier alpha value is -1.24. The number of nitrogens with two attached hydrogens (primary N) is 1. The number of alkyl halides is 2. The molecule has 0 unspecified atom stereocenters. The van der Waals surface area contributed by atoms with E-state index in [1.165, 1.54) is 31.4 Å². The van der Waals surface area contributed by atoms with Crippen molar-refractivity contribution in [1.82, 2.24) is 0 Å². The quantitative estimate of drug-likeness (QED) is 0.821. The van der Waals surface area contributed by atoms with E-state index in [-0.39, 0.29) is 23.5 Å². The van der Waals surface area contributed by atoms with Crippen LogP contribution in [0.15, 0.2) is 24.3 Å². The highest BCUT2D eigenvalue weighted by molar-refractivity contribution is 5.89. The average Bonchev–Trinajstić information content (AvgIpc) is 2.37. The molecular formula is C11H14ClF2NO3. The van der Waals surface area contributed by atoms with E-state index >= 15 is 0 Å². The molecule has 0 radical (unpaired) electrons. The van der Waals surface area contributed by atoms with Crippen molar-refractivity contribution in [3.05, 3.63) is 35.4 Å². The monoisotopic (exact) mass is 281 g/mol. The topological polar surface area (TPSA) is 72.5 Å².